The number of hydrogen-bond acceptors (Lipinski definition) is 2. The first-order valence-corrected chi connectivity index (χ1v) is 7.75. The summed E-state index contributed by atoms with van der Waals surface area (Å²) in [6.07, 6.45) is 0. The number of amides is 1. The first-order valence-electron chi connectivity index (χ1n) is 5.68. The van der Waals surface area contributed by atoms with Crippen LogP contribution in [0.4, 0.5) is 0 Å². The molecule has 0 aliphatic rings. The molecule has 0 spiro atoms. The average Bonchev–Trinajstić information content (AvgIpc) is 2.92. The van der Waals surface area contributed by atoms with Crippen molar-refractivity contribution in [2.45, 2.75) is 18.3 Å². The van der Waals surface area contributed by atoms with Crippen molar-refractivity contribution in [2.24, 2.45) is 0 Å². The summed E-state index contributed by atoms with van der Waals surface area (Å²) in [6, 6.07) is 9.69. The second kappa shape index (κ2) is 6.16. The summed E-state index contributed by atoms with van der Waals surface area (Å²) in [7, 11) is 0. The molecule has 2 rings (SSSR count). The molecule has 1 atom stereocenters. The third-order valence-corrected chi connectivity index (χ3v) is 4.11. The second-order valence-corrected chi connectivity index (χ2v) is 5.42. The van der Waals surface area contributed by atoms with Gasteiger partial charge < -0.3 is 5.32 Å². The van der Waals surface area contributed by atoms with Gasteiger partial charge in [0.25, 0.3) is 5.91 Å². The Morgan fingerprint density at radius 2 is 2.06 bits per heavy atom. The quantitative estimate of drug-likeness (QED) is 0.842. The Bertz CT molecular complexity index is 507. The van der Waals surface area contributed by atoms with Crippen molar-refractivity contribution in [3.05, 3.63) is 57.8 Å². The lowest BCUT2D eigenvalue weighted by Crippen LogP contribution is -2.26. The number of nitrogens with one attached hydrogen (secondary N) is 1. The van der Waals surface area contributed by atoms with Gasteiger partial charge in [0.1, 0.15) is 0 Å². The standard InChI is InChI=1S/C14H14BrNOS/c1-10(13-6-7-18-9-13)16-14(17)12-4-2-11(8-15)3-5-12/h2-7,9-10H,8H2,1H3,(H,16,17). The lowest BCUT2D eigenvalue weighted by molar-refractivity contribution is 0.0940. The minimum Gasteiger partial charge on any atom is -0.345 e. The summed E-state index contributed by atoms with van der Waals surface area (Å²) in [5.74, 6) is -0.0326. The number of alkyl halides is 1. The summed E-state index contributed by atoms with van der Waals surface area (Å²) in [5, 5.41) is 7.87. The molecule has 1 N–H and O–H groups in total. The van der Waals surface area contributed by atoms with Gasteiger partial charge in [0.15, 0.2) is 0 Å². The van der Waals surface area contributed by atoms with Crippen molar-refractivity contribution in [1.82, 2.24) is 5.32 Å². The van der Waals surface area contributed by atoms with Crippen LogP contribution in [0.15, 0.2) is 41.1 Å². The highest BCUT2D eigenvalue weighted by atomic mass is 79.9. The van der Waals surface area contributed by atoms with Crippen LogP contribution in [0, 0.1) is 0 Å². The molecule has 0 aliphatic heterocycles. The molecule has 2 nitrogen and oxygen atoms in total. The van der Waals surface area contributed by atoms with Crippen molar-refractivity contribution in [3.8, 4) is 0 Å². The van der Waals surface area contributed by atoms with E-state index in [-0.39, 0.29) is 11.9 Å². The van der Waals surface area contributed by atoms with Crippen molar-refractivity contribution in [2.75, 3.05) is 0 Å². The van der Waals surface area contributed by atoms with E-state index in [1.54, 1.807) is 11.3 Å². The van der Waals surface area contributed by atoms with Crippen molar-refractivity contribution >= 4 is 33.2 Å². The first kappa shape index (κ1) is 13.3. The fraction of sp³-hybridized carbons (Fsp3) is 0.214. The van der Waals surface area contributed by atoms with Crippen LogP contribution in [0.1, 0.15) is 34.5 Å². The highest BCUT2D eigenvalue weighted by molar-refractivity contribution is 9.08. The Labute approximate surface area is 119 Å². The van der Waals surface area contributed by atoms with Crippen molar-refractivity contribution in [1.29, 1.82) is 0 Å². The van der Waals surface area contributed by atoms with Crippen LogP contribution in [0.25, 0.3) is 0 Å². The van der Waals surface area contributed by atoms with Gasteiger partial charge in [-0.05, 0) is 47.0 Å². The van der Waals surface area contributed by atoms with Gasteiger partial charge >= 0.3 is 0 Å². The Morgan fingerprint density at radius 3 is 2.61 bits per heavy atom. The Morgan fingerprint density at radius 1 is 1.33 bits per heavy atom. The largest absolute Gasteiger partial charge is 0.345 e. The molecule has 0 aliphatic carbocycles. The fourth-order valence-electron chi connectivity index (χ4n) is 1.63. The number of rotatable bonds is 4. The van der Waals surface area contributed by atoms with E-state index in [0.717, 1.165) is 16.5 Å². The molecule has 0 fully saturated rings. The molecule has 0 saturated heterocycles. The van der Waals surface area contributed by atoms with E-state index < -0.39 is 0 Å². The third kappa shape index (κ3) is 3.21. The van der Waals surface area contributed by atoms with E-state index in [1.165, 1.54) is 0 Å². The maximum Gasteiger partial charge on any atom is 0.251 e. The van der Waals surface area contributed by atoms with Gasteiger partial charge in [0.2, 0.25) is 0 Å². The maximum atomic E-state index is 12.0. The van der Waals surface area contributed by atoms with E-state index in [1.807, 2.05) is 42.6 Å². The molecular weight excluding hydrogens is 310 g/mol. The van der Waals surface area contributed by atoms with Crippen LogP contribution in [0.5, 0.6) is 0 Å². The maximum absolute atomic E-state index is 12.0. The molecule has 2 aromatic rings. The summed E-state index contributed by atoms with van der Waals surface area (Å²) in [5.41, 5.74) is 3.00. The van der Waals surface area contributed by atoms with E-state index in [2.05, 4.69) is 26.6 Å². The molecule has 1 heterocycles. The zero-order chi connectivity index (χ0) is 13.0. The zero-order valence-electron chi connectivity index (χ0n) is 10.0. The number of carbonyl (C=O) groups excluding carboxylic acids is 1. The molecule has 1 aromatic carbocycles. The minimum absolute atomic E-state index is 0.0326. The van der Waals surface area contributed by atoms with Gasteiger partial charge in [0.05, 0.1) is 6.04 Å². The lowest BCUT2D eigenvalue weighted by Gasteiger charge is -2.12. The van der Waals surface area contributed by atoms with Gasteiger partial charge in [-0.1, -0.05) is 28.1 Å². The zero-order valence-corrected chi connectivity index (χ0v) is 12.4. The molecule has 0 saturated carbocycles. The fourth-order valence-corrected chi connectivity index (χ4v) is 2.76. The molecule has 4 heteroatoms. The first-order chi connectivity index (χ1) is 8.70. The Kier molecular flexibility index (Phi) is 4.55. The molecule has 0 radical (unpaired) electrons. The summed E-state index contributed by atoms with van der Waals surface area (Å²) in [4.78, 5) is 12.0. The molecular formula is C14H14BrNOS. The molecule has 18 heavy (non-hydrogen) atoms. The van der Waals surface area contributed by atoms with E-state index in [4.69, 9.17) is 0 Å². The lowest BCUT2D eigenvalue weighted by atomic mass is 10.1. The summed E-state index contributed by atoms with van der Waals surface area (Å²) in [6.45, 7) is 1.99. The molecule has 1 amide bonds. The van der Waals surface area contributed by atoms with E-state index >= 15 is 0 Å². The normalized spacial score (nSPS) is 12.1. The number of halogens is 1. The van der Waals surface area contributed by atoms with E-state index in [9.17, 15) is 4.79 Å². The average molecular weight is 324 g/mol. The molecule has 0 bridgehead atoms. The topological polar surface area (TPSA) is 29.1 Å². The monoisotopic (exact) mass is 323 g/mol. The minimum atomic E-state index is -0.0326. The Balaban J connectivity index is 2.03. The number of hydrogen-bond donors (Lipinski definition) is 1. The van der Waals surface area contributed by atoms with Crippen molar-refractivity contribution < 1.29 is 4.79 Å². The number of thiophene rings is 1. The van der Waals surface area contributed by atoms with Gasteiger partial charge in [0, 0.05) is 10.9 Å². The number of carbonyl (C=O) groups is 1. The van der Waals surface area contributed by atoms with Gasteiger partial charge in [-0.15, -0.1) is 0 Å². The van der Waals surface area contributed by atoms with Crippen LogP contribution < -0.4 is 5.32 Å². The molecule has 1 aromatic heterocycles. The van der Waals surface area contributed by atoms with Crippen molar-refractivity contribution in [3.63, 3.8) is 0 Å². The second-order valence-electron chi connectivity index (χ2n) is 4.08. The SMILES string of the molecule is CC(NC(=O)c1ccc(CBr)cc1)c1ccsc1. The summed E-state index contributed by atoms with van der Waals surface area (Å²) >= 11 is 5.03. The smallest absolute Gasteiger partial charge is 0.251 e. The molecule has 94 valence electrons. The Hall–Kier alpha value is -1.13. The van der Waals surface area contributed by atoms with Crippen LogP contribution >= 0.6 is 27.3 Å². The molecule has 1 unspecified atom stereocenters. The van der Waals surface area contributed by atoms with Crippen LogP contribution in [-0.2, 0) is 5.33 Å². The van der Waals surface area contributed by atoms with Gasteiger partial charge in [-0.3, -0.25) is 4.79 Å². The summed E-state index contributed by atoms with van der Waals surface area (Å²) < 4.78 is 0. The van der Waals surface area contributed by atoms with E-state index in [0.29, 0.717) is 5.56 Å². The van der Waals surface area contributed by atoms with Crippen LogP contribution in [0.2, 0.25) is 0 Å². The highest BCUT2D eigenvalue weighted by Gasteiger charge is 2.11. The predicted molar refractivity (Wildman–Crippen MR) is 79.3 cm³/mol. The third-order valence-electron chi connectivity index (χ3n) is 2.76. The van der Waals surface area contributed by atoms with Crippen LogP contribution in [-0.4, -0.2) is 5.91 Å². The number of benzene rings is 1. The van der Waals surface area contributed by atoms with Crippen LogP contribution in [0.3, 0.4) is 0 Å². The van der Waals surface area contributed by atoms with Gasteiger partial charge in [-0.2, -0.15) is 11.3 Å². The predicted octanol–water partition coefficient (Wildman–Crippen LogP) is 4.13. The highest BCUT2D eigenvalue weighted by Crippen LogP contribution is 2.16. The van der Waals surface area contributed by atoms with Gasteiger partial charge in [-0.25, -0.2) is 0 Å².